The molecule has 0 N–H and O–H groups in total. The Hall–Kier alpha value is -2.95. The summed E-state index contributed by atoms with van der Waals surface area (Å²) >= 11 is 0. The molecule has 2 rings (SSSR count). The van der Waals surface area contributed by atoms with Gasteiger partial charge in [-0.05, 0) is 87.4 Å². The van der Waals surface area contributed by atoms with E-state index < -0.39 is 0 Å². The lowest BCUT2D eigenvalue weighted by Gasteiger charge is -2.14. The van der Waals surface area contributed by atoms with Crippen LogP contribution in [0.15, 0.2) is 53.7 Å². The Morgan fingerprint density at radius 2 is 1.56 bits per heavy atom. The monoisotopic (exact) mass is 439 g/mol. The van der Waals surface area contributed by atoms with Crippen molar-refractivity contribution in [3.8, 4) is 17.2 Å². The van der Waals surface area contributed by atoms with Crippen molar-refractivity contribution in [1.29, 1.82) is 0 Å². The first-order chi connectivity index (χ1) is 15.6. The summed E-state index contributed by atoms with van der Waals surface area (Å²) in [5.74, 6) is 2.77. The lowest BCUT2D eigenvalue weighted by atomic mass is 10.1. The van der Waals surface area contributed by atoms with Crippen molar-refractivity contribution in [2.75, 3.05) is 26.9 Å². The smallest absolute Gasteiger partial charge is 0.125 e. The number of benzene rings is 2. The maximum atomic E-state index is 6.06. The molecule has 0 aliphatic carbocycles. The van der Waals surface area contributed by atoms with Crippen LogP contribution < -0.4 is 14.2 Å². The molecule has 0 atom stereocenters. The topological polar surface area (TPSA) is 49.3 Å². The highest BCUT2D eigenvalue weighted by atomic mass is 16.6. The highest BCUT2D eigenvalue weighted by molar-refractivity contribution is 5.61. The van der Waals surface area contributed by atoms with Gasteiger partial charge >= 0.3 is 0 Å². The number of hydrogen-bond donors (Lipinski definition) is 0. The lowest BCUT2D eigenvalue weighted by molar-refractivity contribution is 0.215. The summed E-state index contributed by atoms with van der Waals surface area (Å²) in [4.78, 5) is 4.69. The third-order valence-electron chi connectivity index (χ3n) is 4.97. The number of unbranched alkanes of at least 4 members (excludes halogenated alkanes) is 3. The van der Waals surface area contributed by atoms with Crippen LogP contribution in [0.5, 0.6) is 17.2 Å². The minimum atomic E-state index is 0.591. The van der Waals surface area contributed by atoms with Gasteiger partial charge in [0.15, 0.2) is 0 Å². The molecule has 0 unspecified atom stereocenters. The van der Waals surface area contributed by atoms with Gasteiger partial charge in [0.1, 0.15) is 31.0 Å². The molecule has 0 bridgehead atoms. The fourth-order valence-electron chi connectivity index (χ4n) is 3.36. The quantitative estimate of drug-likeness (QED) is 0.138. The van der Waals surface area contributed by atoms with E-state index in [9.17, 15) is 0 Å². The number of allylic oxidation sites excluding steroid dienone is 1. The standard InChI is InChI=1S/C27H37NO4/c1-5-6-16-31-26-19-22(2)27(23(3)20-26)32-18-10-8-7-9-17-30-25-13-11-12-24(21-25)14-15-28-29-4/h5-6,11-13,15,19-21H,7-10,14,16-18H2,1-4H3/b6-5+,28-15?. The van der Waals surface area contributed by atoms with Crippen LogP contribution in [0.4, 0.5) is 0 Å². The Labute approximate surface area is 193 Å². The highest BCUT2D eigenvalue weighted by Crippen LogP contribution is 2.28. The lowest BCUT2D eigenvalue weighted by Crippen LogP contribution is -2.03. The van der Waals surface area contributed by atoms with Crippen molar-refractivity contribution < 1.29 is 19.0 Å². The normalized spacial score (nSPS) is 11.2. The average Bonchev–Trinajstić information content (AvgIpc) is 2.78. The second-order valence-corrected chi connectivity index (χ2v) is 7.70. The molecule has 0 radical (unpaired) electrons. The largest absolute Gasteiger partial charge is 0.494 e. The van der Waals surface area contributed by atoms with Gasteiger partial charge in [0, 0.05) is 12.6 Å². The van der Waals surface area contributed by atoms with Crippen LogP contribution in [0.25, 0.3) is 0 Å². The van der Waals surface area contributed by atoms with Gasteiger partial charge in [0.05, 0.1) is 13.2 Å². The van der Waals surface area contributed by atoms with Gasteiger partial charge in [0.2, 0.25) is 0 Å². The molecule has 5 nitrogen and oxygen atoms in total. The second-order valence-electron chi connectivity index (χ2n) is 7.70. The predicted molar refractivity (Wildman–Crippen MR) is 131 cm³/mol. The molecule has 0 amide bonds. The van der Waals surface area contributed by atoms with Crippen LogP contribution in [0.3, 0.4) is 0 Å². The molecule has 0 aliphatic rings. The van der Waals surface area contributed by atoms with E-state index in [4.69, 9.17) is 19.0 Å². The zero-order chi connectivity index (χ0) is 23.0. The molecule has 0 heterocycles. The van der Waals surface area contributed by atoms with Crippen molar-refractivity contribution in [1.82, 2.24) is 0 Å². The van der Waals surface area contributed by atoms with Crippen LogP contribution in [-0.2, 0) is 11.3 Å². The molecule has 32 heavy (non-hydrogen) atoms. The van der Waals surface area contributed by atoms with Crippen LogP contribution in [-0.4, -0.2) is 33.1 Å². The van der Waals surface area contributed by atoms with E-state index in [-0.39, 0.29) is 0 Å². The summed E-state index contributed by atoms with van der Waals surface area (Å²) < 4.78 is 17.7. The third-order valence-corrected chi connectivity index (χ3v) is 4.97. The molecule has 0 aromatic heterocycles. The molecular weight excluding hydrogens is 402 g/mol. The maximum Gasteiger partial charge on any atom is 0.125 e. The third kappa shape index (κ3) is 9.46. The van der Waals surface area contributed by atoms with Crippen molar-refractivity contribution in [3.63, 3.8) is 0 Å². The molecule has 174 valence electrons. The van der Waals surface area contributed by atoms with Crippen LogP contribution in [0.1, 0.15) is 49.3 Å². The molecule has 0 aliphatic heterocycles. The van der Waals surface area contributed by atoms with Gasteiger partial charge in [0.25, 0.3) is 0 Å². The fourth-order valence-corrected chi connectivity index (χ4v) is 3.36. The van der Waals surface area contributed by atoms with Crippen molar-refractivity contribution in [2.24, 2.45) is 5.16 Å². The van der Waals surface area contributed by atoms with Crippen LogP contribution in [0.2, 0.25) is 0 Å². The van der Waals surface area contributed by atoms with E-state index in [1.807, 2.05) is 43.3 Å². The summed E-state index contributed by atoms with van der Waals surface area (Å²) in [6.45, 7) is 8.18. The van der Waals surface area contributed by atoms with Gasteiger partial charge in [-0.3, -0.25) is 0 Å². The summed E-state index contributed by atoms with van der Waals surface area (Å²) in [6, 6.07) is 12.2. The van der Waals surface area contributed by atoms with Crippen molar-refractivity contribution in [2.45, 2.75) is 52.9 Å². The molecule has 0 fully saturated rings. The fraction of sp³-hybridized carbons (Fsp3) is 0.444. The molecule has 2 aromatic carbocycles. The summed E-state index contributed by atoms with van der Waals surface area (Å²) in [7, 11) is 1.55. The van der Waals surface area contributed by atoms with E-state index in [0.29, 0.717) is 6.61 Å². The average molecular weight is 440 g/mol. The highest BCUT2D eigenvalue weighted by Gasteiger charge is 2.07. The number of aryl methyl sites for hydroxylation is 2. The van der Waals surface area contributed by atoms with Gasteiger partial charge < -0.3 is 19.0 Å². The Kier molecular flexibility index (Phi) is 11.8. The Morgan fingerprint density at radius 3 is 2.25 bits per heavy atom. The Bertz CT molecular complexity index is 837. The summed E-state index contributed by atoms with van der Waals surface area (Å²) in [5, 5.41) is 3.77. The Morgan fingerprint density at radius 1 is 0.844 bits per heavy atom. The number of rotatable bonds is 15. The van der Waals surface area contributed by atoms with E-state index in [2.05, 4.69) is 31.1 Å². The number of oxime groups is 1. The minimum Gasteiger partial charge on any atom is -0.494 e. The molecule has 0 saturated heterocycles. The molecular formula is C27H37NO4. The first-order valence-electron chi connectivity index (χ1n) is 11.4. The van der Waals surface area contributed by atoms with Gasteiger partial charge in [-0.25, -0.2) is 0 Å². The van der Waals surface area contributed by atoms with Crippen LogP contribution in [0, 0.1) is 13.8 Å². The first kappa shape index (κ1) is 25.3. The first-order valence-corrected chi connectivity index (χ1v) is 11.4. The molecule has 0 saturated carbocycles. The SMILES string of the molecule is C/C=C/COc1cc(C)c(OCCCCCCOc2cccc(CC=NOC)c2)c(C)c1. The Balaban J connectivity index is 1.62. The number of ether oxygens (including phenoxy) is 3. The van der Waals surface area contributed by atoms with E-state index in [1.54, 1.807) is 13.3 Å². The molecule has 0 spiro atoms. The van der Waals surface area contributed by atoms with E-state index in [1.165, 1.54) is 0 Å². The molecule has 2 aromatic rings. The molecule has 5 heteroatoms. The number of hydrogen-bond acceptors (Lipinski definition) is 5. The number of nitrogens with zero attached hydrogens (tertiary/aromatic N) is 1. The van der Waals surface area contributed by atoms with E-state index in [0.717, 1.165) is 79.3 Å². The maximum absolute atomic E-state index is 6.06. The summed E-state index contributed by atoms with van der Waals surface area (Å²) in [5.41, 5.74) is 3.39. The van der Waals surface area contributed by atoms with Crippen molar-refractivity contribution in [3.05, 3.63) is 65.2 Å². The van der Waals surface area contributed by atoms with Crippen LogP contribution >= 0.6 is 0 Å². The summed E-state index contributed by atoms with van der Waals surface area (Å²) in [6.07, 6.45) is 10.8. The minimum absolute atomic E-state index is 0.591. The zero-order valence-corrected chi connectivity index (χ0v) is 19.9. The van der Waals surface area contributed by atoms with Crippen molar-refractivity contribution >= 4 is 6.21 Å². The van der Waals surface area contributed by atoms with Gasteiger partial charge in [-0.15, -0.1) is 0 Å². The van der Waals surface area contributed by atoms with Gasteiger partial charge in [-0.2, -0.15) is 0 Å². The predicted octanol–water partition coefficient (Wildman–Crippen LogP) is 6.45. The zero-order valence-electron chi connectivity index (χ0n) is 19.9. The van der Waals surface area contributed by atoms with E-state index >= 15 is 0 Å². The second kappa shape index (κ2) is 15.0. The van der Waals surface area contributed by atoms with Gasteiger partial charge in [-0.1, -0.05) is 29.4 Å².